The summed E-state index contributed by atoms with van der Waals surface area (Å²) in [7, 11) is 0. The van der Waals surface area contributed by atoms with Gasteiger partial charge < -0.3 is 0 Å². The normalized spacial score (nSPS) is 10.2. The second-order valence-corrected chi connectivity index (χ2v) is 4.51. The minimum atomic E-state index is -0.341. The summed E-state index contributed by atoms with van der Waals surface area (Å²) in [6.45, 7) is 0. The first-order valence-electron chi connectivity index (χ1n) is 5.14. The molecule has 0 atom stereocenters. The van der Waals surface area contributed by atoms with Crippen LogP contribution in [-0.2, 0) is 6.42 Å². The van der Waals surface area contributed by atoms with E-state index < -0.39 is 0 Å². The van der Waals surface area contributed by atoms with E-state index in [2.05, 4.69) is 15.9 Å². The van der Waals surface area contributed by atoms with Crippen molar-refractivity contribution < 1.29 is 4.92 Å². The molecule has 2 aromatic rings. The van der Waals surface area contributed by atoms with Crippen LogP contribution < -0.4 is 0 Å². The van der Waals surface area contributed by atoms with E-state index in [4.69, 9.17) is 0 Å². The van der Waals surface area contributed by atoms with Crippen molar-refractivity contribution in [1.82, 2.24) is 0 Å². The molecule has 0 aromatic heterocycles. The first kappa shape index (κ1) is 11.8. The zero-order valence-electron chi connectivity index (χ0n) is 8.97. The average molecular weight is 292 g/mol. The van der Waals surface area contributed by atoms with Gasteiger partial charge in [0.2, 0.25) is 0 Å². The Morgan fingerprint density at radius 2 is 1.59 bits per heavy atom. The van der Waals surface area contributed by atoms with Crippen molar-refractivity contribution >= 4 is 21.6 Å². The largest absolute Gasteiger partial charge is 0.272 e. The predicted molar refractivity (Wildman–Crippen MR) is 70.0 cm³/mol. The van der Waals surface area contributed by atoms with E-state index >= 15 is 0 Å². The molecule has 0 fully saturated rings. The molecule has 0 saturated carbocycles. The minimum Gasteiger partial charge on any atom is -0.258 e. The monoisotopic (exact) mass is 291 g/mol. The molecule has 17 heavy (non-hydrogen) atoms. The molecule has 2 rings (SSSR count). The lowest BCUT2D eigenvalue weighted by atomic mass is 10.0. The van der Waals surface area contributed by atoms with E-state index in [-0.39, 0.29) is 10.6 Å². The first-order valence-corrected chi connectivity index (χ1v) is 5.93. The minimum absolute atomic E-state index is 0.170. The molecular formula is C13H10BrNO2. The van der Waals surface area contributed by atoms with Crippen LogP contribution in [0, 0.1) is 10.1 Å². The van der Waals surface area contributed by atoms with Gasteiger partial charge in [-0.05, 0) is 11.6 Å². The van der Waals surface area contributed by atoms with Gasteiger partial charge >= 0.3 is 0 Å². The number of para-hydroxylation sites is 1. The van der Waals surface area contributed by atoms with Gasteiger partial charge in [0.1, 0.15) is 0 Å². The van der Waals surface area contributed by atoms with E-state index in [1.165, 1.54) is 6.07 Å². The third-order valence-electron chi connectivity index (χ3n) is 2.53. The number of nitro benzene ring substituents is 1. The van der Waals surface area contributed by atoms with Crippen LogP contribution in [0.5, 0.6) is 0 Å². The number of rotatable bonds is 3. The zero-order chi connectivity index (χ0) is 12.3. The van der Waals surface area contributed by atoms with E-state index in [0.29, 0.717) is 6.42 Å². The molecule has 2 aromatic carbocycles. The Morgan fingerprint density at radius 1 is 1.00 bits per heavy atom. The molecule has 0 aliphatic rings. The second-order valence-electron chi connectivity index (χ2n) is 3.65. The number of benzene rings is 2. The summed E-state index contributed by atoms with van der Waals surface area (Å²) in [5.74, 6) is 0. The van der Waals surface area contributed by atoms with Crippen LogP contribution in [0.15, 0.2) is 53.0 Å². The predicted octanol–water partition coefficient (Wildman–Crippen LogP) is 3.95. The second kappa shape index (κ2) is 5.10. The molecular weight excluding hydrogens is 282 g/mol. The van der Waals surface area contributed by atoms with Crippen LogP contribution in [0.3, 0.4) is 0 Å². The summed E-state index contributed by atoms with van der Waals surface area (Å²) in [5, 5.41) is 10.9. The molecule has 0 heterocycles. The lowest BCUT2D eigenvalue weighted by Gasteiger charge is -2.05. The lowest BCUT2D eigenvalue weighted by Crippen LogP contribution is -1.96. The maximum atomic E-state index is 10.9. The van der Waals surface area contributed by atoms with Crippen molar-refractivity contribution in [2.45, 2.75) is 6.42 Å². The summed E-state index contributed by atoms with van der Waals surface area (Å²) in [6.07, 6.45) is 0.554. The standard InChI is InChI=1S/C13H10BrNO2/c14-12-7-3-1-5-10(12)9-11-6-2-4-8-13(11)15(16)17/h1-8H,9H2. The smallest absolute Gasteiger partial charge is 0.258 e. The molecule has 0 aliphatic carbocycles. The van der Waals surface area contributed by atoms with Gasteiger partial charge in [0.15, 0.2) is 0 Å². The van der Waals surface area contributed by atoms with E-state index in [9.17, 15) is 10.1 Å². The van der Waals surface area contributed by atoms with Crippen LogP contribution in [0.2, 0.25) is 0 Å². The van der Waals surface area contributed by atoms with Crippen LogP contribution in [-0.4, -0.2) is 4.92 Å². The van der Waals surface area contributed by atoms with Gasteiger partial charge in [0.05, 0.1) is 4.92 Å². The fourth-order valence-corrected chi connectivity index (χ4v) is 2.11. The molecule has 0 unspecified atom stereocenters. The molecule has 4 heteroatoms. The summed E-state index contributed by atoms with van der Waals surface area (Å²) < 4.78 is 0.971. The Morgan fingerprint density at radius 3 is 2.24 bits per heavy atom. The fraction of sp³-hybridized carbons (Fsp3) is 0.0769. The van der Waals surface area contributed by atoms with Crippen molar-refractivity contribution in [3.63, 3.8) is 0 Å². The van der Waals surface area contributed by atoms with Crippen molar-refractivity contribution in [2.75, 3.05) is 0 Å². The average Bonchev–Trinajstić information content (AvgIpc) is 2.32. The number of halogens is 1. The Kier molecular flexibility index (Phi) is 3.54. The summed E-state index contributed by atoms with van der Waals surface area (Å²) in [5.41, 5.74) is 1.94. The Hall–Kier alpha value is -1.68. The zero-order valence-corrected chi connectivity index (χ0v) is 10.6. The Bertz CT molecular complexity index is 555. The van der Waals surface area contributed by atoms with Gasteiger partial charge in [0.25, 0.3) is 5.69 Å². The van der Waals surface area contributed by atoms with E-state index in [1.54, 1.807) is 12.1 Å². The molecule has 86 valence electrons. The van der Waals surface area contributed by atoms with Crippen molar-refractivity contribution in [3.05, 3.63) is 74.2 Å². The third-order valence-corrected chi connectivity index (χ3v) is 3.30. The highest BCUT2D eigenvalue weighted by atomic mass is 79.9. The lowest BCUT2D eigenvalue weighted by molar-refractivity contribution is -0.385. The topological polar surface area (TPSA) is 43.1 Å². The van der Waals surface area contributed by atoms with Crippen LogP contribution in [0.1, 0.15) is 11.1 Å². The highest BCUT2D eigenvalue weighted by Gasteiger charge is 2.13. The van der Waals surface area contributed by atoms with Crippen LogP contribution in [0.25, 0.3) is 0 Å². The highest BCUT2D eigenvalue weighted by Crippen LogP contribution is 2.24. The van der Waals surface area contributed by atoms with Crippen molar-refractivity contribution in [3.8, 4) is 0 Å². The molecule has 0 amide bonds. The molecule has 0 bridgehead atoms. The highest BCUT2D eigenvalue weighted by molar-refractivity contribution is 9.10. The maximum absolute atomic E-state index is 10.9. The van der Waals surface area contributed by atoms with Gasteiger partial charge in [0, 0.05) is 22.5 Å². The molecule has 0 radical (unpaired) electrons. The number of nitrogens with zero attached hydrogens (tertiary/aromatic N) is 1. The summed E-state index contributed by atoms with van der Waals surface area (Å²) in [6, 6.07) is 14.6. The fourth-order valence-electron chi connectivity index (χ4n) is 1.69. The van der Waals surface area contributed by atoms with Gasteiger partial charge in [-0.25, -0.2) is 0 Å². The van der Waals surface area contributed by atoms with E-state index in [0.717, 1.165) is 15.6 Å². The first-order chi connectivity index (χ1) is 8.18. The van der Waals surface area contributed by atoms with E-state index in [1.807, 2.05) is 30.3 Å². The van der Waals surface area contributed by atoms with Crippen molar-refractivity contribution in [1.29, 1.82) is 0 Å². The third kappa shape index (κ3) is 2.71. The molecule has 3 nitrogen and oxygen atoms in total. The Labute approximate surface area is 107 Å². The van der Waals surface area contributed by atoms with Gasteiger partial charge in [-0.3, -0.25) is 10.1 Å². The summed E-state index contributed by atoms with van der Waals surface area (Å²) in [4.78, 5) is 10.5. The molecule has 0 aliphatic heterocycles. The van der Waals surface area contributed by atoms with Gasteiger partial charge in [-0.2, -0.15) is 0 Å². The maximum Gasteiger partial charge on any atom is 0.272 e. The van der Waals surface area contributed by atoms with Crippen molar-refractivity contribution in [2.24, 2.45) is 0 Å². The SMILES string of the molecule is O=[N+]([O-])c1ccccc1Cc1ccccc1Br. The quantitative estimate of drug-likeness (QED) is 0.635. The molecule has 0 saturated heterocycles. The van der Waals surface area contributed by atoms with Crippen LogP contribution >= 0.6 is 15.9 Å². The molecule has 0 spiro atoms. The van der Waals surface area contributed by atoms with Gasteiger partial charge in [-0.15, -0.1) is 0 Å². The van der Waals surface area contributed by atoms with Crippen LogP contribution in [0.4, 0.5) is 5.69 Å². The van der Waals surface area contributed by atoms with Gasteiger partial charge in [-0.1, -0.05) is 52.3 Å². The number of hydrogen-bond acceptors (Lipinski definition) is 2. The summed E-state index contributed by atoms with van der Waals surface area (Å²) >= 11 is 3.45. The number of hydrogen-bond donors (Lipinski definition) is 0. The molecule has 0 N–H and O–H groups in total. The Balaban J connectivity index is 2.37. The number of nitro groups is 1.